The molecule has 1 unspecified atom stereocenters. The van der Waals surface area contributed by atoms with Gasteiger partial charge in [-0.1, -0.05) is 75.4 Å². The molecule has 268 valence electrons. The summed E-state index contributed by atoms with van der Waals surface area (Å²) < 4.78 is 31.6. The summed E-state index contributed by atoms with van der Waals surface area (Å²) in [6.07, 6.45) is -1.44. The molecule has 2 aliphatic rings. The highest BCUT2D eigenvalue weighted by atomic mass is 28.4. The third-order valence-corrected chi connectivity index (χ3v) is 14.2. The van der Waals surface area contributed by atoms with E-state index >= 15 is 0 Å². The first-order valence-corrected chi connectivity index (χ1v) is 19.6. The van der Waals surface area contributed by atoms with Gasteiger partial charge in [-0.25, -0.2) is 4.79 Å². The lowest BCUT2D eigenvalue weighted by Gasteiger charge is -2.41. The number of methoxy groups -OCH3 is 2. The Hall–Kier alpha value is -4.20. The normalized spacial score (nSPS) is 22.6. The molecule has 3 aromatic carbocycles. The van der Waals surface area contributed by atoms with Crippen LogP contribution in [0.25, 0.3) is 0 Å². The lowest BCUT2D eigenvalue weighted by Crippen LogP contribution is -2.57. The zero-order valence-electron chi connectivity index (χ0n) is 30.0. The number of amides is 3. The van der Waals surface area contributed by atoms with Crippen LogP contribution in [-0.2, 0) is 24.3 Å². The summed E-state index contributed by atoms with van der Waals surface area (Å²) in [5.41, 5.74) is 1.42. The van der Waals surface area contributed by atoms with Crippen LogP contribution in [0.15, 0.2) is 91.1 Å². The number of aliphatic hydroxyl groups excluding tert-OH is 1. The van der Waals surface area contributed by atoms with Crippen molar-refractivity contribution in [2.75, 3.05) is 20.8 Å². The quantitative estimate of drug-likeness (QED) is 0.167. The summed E-state index contributed by atoms with van der Waals surface area (Å²) in [5, 5.41) is 17.1. The molecular weight excluding hydrogens is 655 g/mol. The fraction of sp³-hybridized carbons (Fsp3) is 0.421. The number of nitrogens with one attached hydrogen (secondary N) is 2. The predicted octanol–water partition coefficient (Wildman–Crippen LogP) is 5.49. The second-order valence-electron chi connectivity index (χ2n) is 14.1. The zero-order valence-corrected chi connectivity index (χ0v) is 31.0. The number of urea groups is 1. The summed E-state index contributed by atoms with van der Waals surface area (Å²) >= 11 is 0. The first-order chi connectivity index (χ1) is 23.7. The molecule has 0 spiro atoms. The Labute approximate surface area is 295 Å². The number of benzene rings is 3. The van der Waals surface area contributed by atoms with Crippen LogP contribution in [0, 0.1) is 0 Å². The van der Waals surface area contributed by atoms with Gasteiger partial charge in [0.1, 0.15) is 41.6 Å². The van der Waals surface area contributed by atoms with Gasteiger partial charge in [0.2, 0.25) is 5.91 Å². The molecule has 0 aromatic heterocycles. The Balaban J connectivity index is 1.57. The van der Waals surface area contributed by atoms with Crippen LogP contribution >= 0.6 is 0 Å². The molecule has 3 amide bonds. The minimum atomic E-state index is -2.47. The highest BCUT2D eigenvalue weighted by Crippen LogP contribution is 2.44. The summed E-state index contributed by atoms with van der Waals surface area (Å²) in [6, 6.07) is 24.8. The topological polar surface area (TPSA) is 128 Å². The Kier molecular flexibility index (Phi) is 11.1. The van der Waals surface area contributed by atoms with E-state index in [0.29, 0.717) is 11.5 Å². The number of carbonyl (C=O) groups excluding carboxylic acids is 2. The van der Waals surface area contributed by atoms with E-state index in [4.69, 9.17) is 23.4 Å². The van der Waals surface area contributed by atoms with E-state index in [0.717, 1.165) is 16.7 Å². The molecule has 3 N–H and O–H groups in total. The Morgan fingerprint density at radius 1 is 0.920 bits per heavy atom. The monoisotopic (exact) mass is 703 g/mol. The number of ether oxygens (including phenoxy) is 4. The maximum atomic E-state index is 13.3. The molecule has 0 aliphatic carbocycles. The van der Waals surface area contributed by atoms with Gasteiger partial charge in [-0.2, -0.15) is 0 Å². The maximum absolute atomic E-state index is 13.3. The number of nitrogens with zero attached hydrogens (tertiary/aromatic N) is 1. The molecule has 1 fully saturated rings. The third kappa shape index (κ3) is 7.59. The molecule has 0 bridgehead atoms. The van der Waals surface area contributed by atoms with E-state index in [1.807, 2.05) is 78.9 Å². The van der Waals surface area contributed by atoms with Gasteiger partial charge in [0.15, 0.2) is 14.5 Å². The summed E-state index contributed by atoms with van der Waals surface area (Å²) in [6.45, 7) is 12.0. The van der Waals surface area contributed by atoms with E-state index < -0.39 is 50.7 Å². The van der Waals surface area contributed by atoms with Crippen molar-refractivity contribution >= 4 is 20.3 Å². The molecular formula is C38H49N3O8Si. The van der Waals surface area contributed by atoms with E-state index in [1.165, 1.54) is 18.0 Å². The number of aliphatic hydroxyl groups is 1. The molecule has 3 aromatic rings. The maximum Gasteiger partial charge on any atom is 0.325 e. The minimum Gasteiger partial charge on any atom is -0.497 e. The molecule has 2 aliphatic heterocycles. The van der Waals surface area contributed by atoms with Gasteiger partial charge in [-0.3, -0.25) is 9.69 Å². The minimum absolute atomic E-state index is 0.00646. The molecule has 0 saturated carbocycles. The Bertz CT molecular complexity index is 1600. The van der Waals surface area contributed by atoms with E-state index in [9.17, 15) is 14.7 Å². The van der Waals surface area contributed by atoms with Crippen molar-refractivity contribution in [3.63, 3.8) is 0 Å². The second kappa shape index (κ2) is 15.0. The van der Waals surface area contributed by atoms with Crippen LogP contribution < -0.4 is 20.1 Å². The first kappa shape index (κ1) is 37.1. The summed E-state index contributed by atoms with van der Waals surface area (Å²) in [4.78, 5) is 26.2. The van der Waals surface area contributed by atoms with Gasteiger partial charge in [0.25, 0.3) is 0 Å². The van der Waals surface area contributed by atoms with Crippen LogP contribution in [0.2, 0.25) is 18.1 Å². The van der Waals surface area contributed by atoms with Crippen molar-refractivity contribution < 1.29 is 38.1 Å². The molecule has 12 heteroatoms. The summed E-state index contributed by atoms with van der Waals surface area (Å²) in [7, 11) is 0.773. The largest absolute Gasteiger partial charge is 0.497 e. The van der Waals surface area contributed by atoms with Gasteiger partial charge >= 0.3 is 6.03 Å². The highest BCUT2D eigenvalue weighted by molar-refractivity contribution is 6.74. The van der Waals surface area contributed by atoms with Crippen molar-refractivity contribution in [2.45, 2.75) is 82.1 Å². The van der Waals surface area contributed by atoms with Crippen molar-refractivity contribution in [1.29, 1.82) is 0 Å². The SMILES string of the molecule is COc1ccc(C(OC[C@H]2O[C@@H](N3C=CC(NC(C)=O)NC3=O)[C@H](O)[C@@H]2O[Si](C)(C)C(C)(C)C)(c2ccccc2)c2ccc(OC)cc2)cc1. The Morgan fingerprint density at radius 2 is 1.46 bits per heavy atom. The van der Waals surface area contributed by atoms with Crippen LogP contribution in [0.5, 0.6) is 11.5 Å². The van der Waals surface area contributed by atoms with Crippen LogP contribution in [0.1, 0.15) is 44.4 Å². The van der Waals surface area contributed by atoms with Crippen molar-refractivity contribution in [1.82, 2.24) is 15.5 Å². The van der Waals surface area contributed by atoms with Crippen molar-refractivity contribution in [2.24, 2.45) is 0 Å². The first-order valence-electron chi connectivity index (χ1n) is 16.7. The molecule has 1 saturated heterocycles. The third-order valence-electron chi connectivity index (χ3n) is 9.77. The second-order valence-corrected chi connectivity index (χ2v) is 18.8. The van der Waals surface area contributed by atoms with Gasteiger partial charge in [-0.05, 0) is 65.2 Å². The summed E-state index contributed by atoms with van der Waals surface area (Å²) in [5.74, 6) is 1.11. The molecule has 50 heavy (non-hydrogen) atoms. The number of rotatable bonds is 12. The van der Waals surface area contributed by atoms with Crippen LogP contribution in [0.4, 0.5) is 4.79 Å². The number of hydrogen-bond donors (Lipinski definition) is 3. The fourth-order valence-electron chi connectivity index (χ4n) is 6.03. The van der Waals surface area contributed by atoms with Gasteiger partial charge in [0, 0.05) is 13.1 Å². The van der Waals surface area contributed by atoms with E-state index in [2.05, 4.69) is 44.5 Å². The zero-order chi connectivity index (χ0) is 36.3. The highest BCUT2D eigenvalue weighted by Gasteiger charge is 2.53. The molecule has 5 atom stereocenters. The van der Waals surface area contributed by atoms with Gasteiger partial charge < -0.3 is 39.1 Å². The number of carbonyl (C=O) groups is 2. The smallest absolute Gasteiger partial charge is 0.325 e. The standard InChI is InChI=1S/C38H49N3O8Si/c1-25(42)39-32-22-23-41(36(44)40-32)35-33(43)34(49-50(7,8)37(2,3)4)31(48-35)24-47-38(26-12-10-9-11-13-26,27-14-18-29(45-5)19-15-27)28-16-20-30(46-6)21-17-28/h9-23,31-35,43H,24H2,1-8H3,(H,39,42)(H,40,44)/t31-,32?,33-,34-,35-/m1/s1. The van der Waals surface area contributed by atoms with Crippen molar-refractivity contribution in [3.05, 3.63) is 108 Å². The van der Waals surface area contributed by atoms with Crippen LogP contribution in [0.3, 0.4) is 0 Å². The molecule has 5 rings (SSSR count). The van der Waals surface area contributed by atoms with Crippen molar-refractivity contribution in [3.8, 4) is 11.5 Å². The van der Waals surface area contributed by atoms with Gasteiger partial charge in [0.05, 0.1) is 20.8 Å². The van der Waals surface area contributed by atoms with Crippen LogP contribution in [-0.4, -0.2) is 81.8 Å². The lowest BCUT2D eigenvalue weighted by atomic mass is 9.80. The fourth-order valence-corrected chi connectivity index (χ4v) is 7.36. The molecule has 0 radical (unpaired) electrons. The van der Waals surface area contributed by atoms with Gasteiger partial charge in [-0.15, -0.1) is 0 Å². The predicted molar refractivity (Wildman–Crippen MR) is 192 cm³/mol. The van der Waals surface area contributed by atoms with E-state index in [1.54, 1.807) is 20.3 Å². The average Bonchev–Trinajstić information content (AvgIpc) is 3.38. The molecule has 11 nitrogen and oxygen atoms in total. The lowest BCUT2D eigenvalue weighted by molar-refractivity contribution is -0.119. The average molecular weight is 704 g/mol. The Morgan fingerprint density at radius 3 is 1.94 bits per heavy atom. The number of hydrogen-bond acceptors (Lipinski definition) is 8. The van der Waals surface area contributed by atoms with E-state index in [-0.39, 0.29) is 17.6 Å². The molecule has 2 heterocycles.